The summed E-state index contributed by atoms with van der Waals surface area (Å²) in [7, 11) is 0. The average molecular weight is 416 g/mol. The van der Waals surface area contributed by atoms with Gasteiger partial charge in [-0.25, -0.2) is 13.2 Å². The van der Waals surface area contributed by atoms with E-state index in [1.54, 1.807) is 6.92 Å². The molecule has 3 rings (SSSR count). The molecule has 0 aromatic heterocycles. The molecular formula is C19H14F6N2O2. The number of ether oxygens (including phenoxy) is 2. The van der Waals surface area contributed by atoms with Crippen molar-refractivity contribution in [2.75, 3.05) is 18.1 Å². The Hall–Kier alpha value is -2.93. The minimum atomic E-state index is -4.70. The molecule has 1 aliphatic heterocycles. The highest BCUT2D eigenvalue weighted by Crippen LogP contribution is 2.36. The van der Waals surface area contributed by atoms with Gasteiger partial charge in [-0.05, 0) is 25.1 Å². The first-order valence-corrected chi connectivity index (χ1v) is 8.41. The fourth-order valence-electron chi connectivity index (χ4n) is 3.01. The Balaban J connectivity index is 1.73. The molecule has 0 saturated carbocycles. The summed E-state index contributed by atoms with van der Waals surface area (Å²) in [6.45, 7) is 1.48. The molecule has 0 amide bonds. The highest BCUT2D eigenvalue weighted by molar-refractivity contribution is 5.55. The van der Waals surface area contributed by atoms with Gasteiger partial charge in [0.25, 0.3) is 0 Å². The van der Waals surface area contributed by atoms with Crippen molar-refractivity contribution in [2.24, 2.45) is 0 Å². The predicted octanol–water partition coefficient (Wildman–Crippen LogP) is 4.62. The van der Waals surface area contributed by atoms with E-state index in [1.807, 2.05) is 0 Å². The number of alkyl halides is 3. The molecule has 1 aliphatic rings. The van der Waals surface area contributed by atoms with Crippen LogP contribution in [0.2, 0.25) is 0 Å². The molecule has 154 valence electrons. The summed E-state index contributed by atoms with van der Waals surface area (Å²) in [5.41, 5.74) is -1.37. The summed E-state index contributed by atoms with van der Waals surface area (Å²) in [6.07, 6.45) is -5.99. The lowest BCUT2D eigenvalue weighted by molar-refractivity contribution is -0.137. The van der Waals surface area contributed by atoms with Crippen LogP contribution in [0.3, 0.4) is 0 Å². The second-order valence-electron chi connectivity index (χ2n) is 6.36. The Bertz CT molecular complexity index is 957. The van der Waals surface area contributed by atoms with Gasteiger partial charge < -0.3 is 14.4 Å². The topological polar surface area (TPSA) is 45.5 Å². The van der Waals surface area contributed by atoms with Crippen LogP contribution >= 0.6 is 0 Å². The van der Waals surface area contributed by atoms with E-state index in [2.05, 4.69) is 0 Å². The lowest BCUT2D eigenvalue weighted by Crippen LogP contribution is -2.29. The zero-order valence-electron chi connectivity index (χ0n) is 14.9. The molecule has 1 saturated heterocycles. The Labute approximate surface area is 161 Å². The second-order valence-corrected chi connectivity index (χ2v) is 6.36. The van der Waals surface area contributed by atoms with Crippen LogP contribution in [0.1, 0.15) is 18.1 Å². The van der Waals surface area contributed by atoms with Crippen molar-refractivity contribution in [1.29, 1.82) is 5.26 Å². The Morgan fingerprint density at radius 3 is 2.48 bits per heavy atom. The lowest BCUT2D eigenvalue weighted by atomic mass is 10.1. The number of nitriles is 1. The molecule has 10 heteroatoms. The Morgan fingerprint density at radius 2 is 1.83 bits per heavy atom. The molecule has 0 aliphatic carbocycles. The van der Waals surface area contributed by atoms with Crippen molar-refractivity contribution in [3.8, 4) is 11.8 Å². The summed E-state index contributed by atoms with van der Waals surface area (Å²) < 4.78 is 90.1. The van der Waals surface area contributed by atoms with Crippen molar-refractivity contribution in [3.63, 3.8) is 0 Å². The van der Waals surface area contributed by atoms with Gasteiger partial charge in [-0.1, -0.05) is 0 Å². The summed E-state index contributed by atoms with van der Waals surface area (Å²) in [5, 5.41) is 8.88. The fourth-order valence-corrected chi connectivity index (χ4v) is 3.01. The third kappa shape index (κ3) is 4.40. The van der Waals surface area contributed by atoms with Gasteiger partial charge in [-0.3, -0.25) is 0 Å². The van der Waals surface area contributed by atoms with Crippen molar-refractivity contribution in [3.05, 3.63) is 58.9 Å². The van der Waals surface area contributed by atoms with Gasteiger partial charge in [0.1, 0.15) is 18.9 Å². The zero-order valence-corrected chi connectivity index (χ0v) is 14.9. The SMILES string of the molecule is C[C@H]1O[C@H](COc2cc(F)c(F)cc2F)CN1c1ccc(C#N)c(C(F)(F)F)c1. The van der Waals surface area contributed by atoms with E-state index in [1.165, 1.54) is 17.0 Å². The molecule has 0 spiro atoms. The largest absolute Gasteiger partial charge is 0.488 e. The van der Waals surface area contributed by atoms with Gasteiger partial charge in [0.15, 0.2) is 23.2 Å². The van der Waals surface area contributed by atoms with Crippen LogP contribution in [0.4, 0.5) is 32.0 Å². The fraction of sp³-hybridized carbons (Fsp3) is 0.316. The molecule has 4 nitrogen and oxygen atoms in total. The van der Waals surface area contributed by atoms with E-state index < -0.39 is 52.8 Å². The number of benzene rings is 2. The first-order valence-electron chi connectivity index (χ1n) is 8.41. The first-order chi connectivity index (χ1) is 13.6. The molecule has 1 fully saturated rings. The zero-order chi connectivity index (χ0) is 21.3. The minimum absolute atomic E-state index is 0.107. The van der Waals surface area contributed by atoms with Crippen LogP contribution in [0.25, 0.3) is 0 Å². The Morgan fingerprint density at radius 1 is 1.14 bits per heavy atom. The highest BCUT2D eigenvalue weighted by atomic mass is 19.4. The van der Waals surface area contributed by atoms with E-state index in [-0.39, 0.29) is 18.8 Å². The van der Waals surface area contributed by atoms with E-state index in [4.69, 9.17) is 14.7 Å². The smallest absolute Gasteiger partial charge is 0.417 e. The van der Waals surface area contributed by atoms with Crippen LogP contribution in [0.5, 0.6) is 5.75 Å². The van der Waals surface area contributed by atoms with Gasteiger partial charge in [0.05, 0.1) is 23.7 Å². The van der Waals surface area contributed by atoms with Crippen molar-refractivity contribution in [1.82, 2.24) is 0 Å². The van der Waals surface area contributed by atoms with Gasteiger partial charge >= 0.3 is 6.18 Å². The van der Waals surface area contributed by atoms with E-state index in [0.717, 1.165) is 12.1 Å². The quantitative estimate of drug-likeness (QED) is 0.539. The number of rotatable bonds is 4. The molecule has 1 heterocycles. The maximum absolute atomic E-state index is 13.6. The van der Waals surface area contributed by atoms with Crippen LogP contribution in [-0.4, -0.2) is 25.5 Å². The number of nitrogens with zero attached hydrogens (tertiary/aromatic N) is 2. The maximum Gasteiger partial charge on any atom is 0.417 e. The standard InChI is InChI=1S/C19H14F6N2O2/c1-10-27(12-3-2-11(7-26)14(4-12)19(23,24)25)8-13(29-10)9-28-18-6-16(21)15(20)5-17(18)22/h2-6,10,13H,8-9H2,1H3/t10-,13+/m1/s1. The van der Waals surface area contributed by atoms with Crippen LogP contribution in [0.15, 0.2) is 30.3 Å². The van der Waals surface area contributed by atoms with Crippen LogP contribution < -0.4 is 9.64 Å². The average Bonchev–Trinajstić information content (AvgIpc) is 3.03. The molecule has 0 bridgehead atoms. The second kappa shape index (κ2) is 7.83. The molecule has 2 atom stereocenters. The van der Waals surface area contributed by atoms with Gasteiger partial charge in [0.2, 0.25) is 0 Å². The summed E-state index contributed by atoms with van der Waals surface area (Å²) >= 11 is 0. The summed E-state index contributed by atoms with van der Waals surface area (Å²) in [6, 6.07) is 5.73. The Kier molecular flexibility index (Phi) is 5.61. The molecule has 0 radical (unpaired) electrons. The predicted molar refractivity (Wildman–Crippen MR) is 89.7 cm³/mol. The van der Waals surface area contributed by atoms with E-state index in [0.29, 0.717) is 12.1 Å². The molecule has 0 N–H and O–H groups in total. The molecule has 2 aromatic carbocycles. The number of anilines is 1. The third-order valence-electron chi connectivity index (χ3n) is 4.39. The van der Waals surface area contributed by atoms with Crippen molar-refractivity contribution >= 4 is 5.69 Å². The summed E-state index contributed by atoms with van der Waals surface area (Å²) in [5.74, 6) is -4.22. The van der Waals surface area contributed by atoms with Crippen molar-refractivity contribution in [2.45, 2.75) is 25.4 Å². The minimum Gasteiger partial charge on any atom is -0.488 e. The van der Waals surface area contributed by atoms with Crippen LogP contribution in [-0.2, 0) is 10.9 Å². The molecular weight excluding hydrogens is 402 g/mol. The number of hydrogen-bond donors (Lipinski definition) is 0. The normalized spacial score (nSPS) is 19.3. The number of halogens is 6. The monoisotopic (exact) mass is 416 g/mol. The summed E-state index contributed by atoms with van der Waals surface area (Å²) in [4.78, 5) is 1.52. The third-order valence-corrected chi connectivity index (χ3v) is 4.39. The van der Waals surface area contributed by atoms with E-state index in [9.17, 15) is 26.3 Å². The van der Waals surface area contributed by atoms with E-state index >= 15 is 0 Å². The van der Waals surface area contributed by atoms with Crippen LogP contribution in [0, 0.1) is 28.8 Å². The lowest BCUT2D eigenvalue weighted by Gasteiger charge is -2.23. The number of hydrogen-bond acceptors (Lipinski definition) is 4. The maximum atomic E-state index is 13.6. The molecule has 0 unspecified atom stereocenters. The van der Waals surface area contributed by atoms with Gasteiger partial charge in [0, 0.05) is 17.8 Å². The van der Waals surface area contributed by atoms with Crippen molar-refractivity contribution < 1.29 is 35.8 Å². The molecule has 29 heavy (non-hydrogen) atoms. The van der Waals surface area contributed by atoms with Gasteiger partial charge in [-0.15, -0.1) is 0 Å². The van der Waals surface area contributed by atoms with Gasteiger partial charge in [-0.2, -0.15) is 18.4 Å². The highest BCUT2D eigenvalue weighted by Gasteiger charge is 2.36. The first kappa shape index (κ1) is 20.8. The molecule has 2 aromatic rings.